The summed E-state index contributed by atoms with van der Waals surface area (Å²) in [5, 5.41) is 12.5. The normalized spacial score (nSPS) is 18.0. The standard InChI is InChI=1S/C14H10F6N6O/c1-6-11(23-24-12(27)22-6)7-2-3-9(8(4-7)13(15,16)17)26-21-5-10(25-26)14(18,19)20/h2-6H,1H3,(H2,22,24,27)/t6-/m0/s1. The maximum Gasteiger partial charge on any atom is 0.436 e. The zero-order valence-electron chi connectivity index (χ0n) is 13.4. The van der Waals surface area contributed by atoms with Crippen LogP contribution in [0, 0.1) is 0 Å². The maximum absolute atomic E-state index is 13.5. The van der Waals surface area contributed by atoms with Gasteiger partial charge in [0.1, 0.15) is 0 Å². The number of benzene rings is 1. The number of urea groups is 1. The molecule has 0 radical (unpaired) electrons. The number of aromatic nitrogens is 3. The first kappa shape index (κ1) is 18.7. The molecule has 2 amide bonds. The Labute approximate surface area is 147 Å². The Morgan fingerprint density at radius 2 is 1.81 bits per heavy atom. The number of nitrogens with one attached hydrogen (secondary N) is 2. The highest BCUT2D eigenvalue weighted by Crippen LogP contribution is 2.35. The van der Waals surface area contributed by atoms with Crippen LogP contribution >= 0.6 is 0 Å². The number of alkyl halides is 6. The molecule has 3 rings (SSSR count). The largest absolute Gasteiger partial charge is 0.436 e. The van der Waals surface area contributed by atoms with Crippen molar-refractivity contribution in [3.63, 3.8) is 0 Å². The highest BCUT2D eigenvalue weighted by molar-refractivity contribution is 6.07. The number of nitrogens with zero attached hydrogens (tertiary/aromatic N) is 4. The van der Waals surface area contributed by atoms with Gasteiger partial charge in [0.25, 0.3) is 0 Å². The van der Waals surface area contributed by atoms with Gasteiger partial charge in [-0.3, -0.25) is 0 Å². The van der Waals surface area contributed by atoms with Crippen molar-refractivity contribution in [2.45, 2.75) is 25.3 Å². The molecule has 2 aromatic rings. The molecule has 1 aliphatic rings. The van der Waals surface area contributed by atoms with Gasteiger partial charge in [-0.2, -0.15) is 41.3 Å². The predicted molar refractivity (Wildman–Crippen MR) is 79.0 cm³/mol. The quantitative estimate of drug-likeness (QED) is 0.771. The lowest BCUT2D eigenvalue weighted by Gasteiger charge is -2.22. The molecule has 1 aromatic carbocycles. The summed E-state index contributed by atoms with van der Waals surface area (Å²) in [5.41, 5.74) is -1.12. The lowest BCUT2D eigenvalue weighted by atomic mass is 10.00. The minimum Gasteiger partial charge on any atom is -0.328 e. The first-order chi connectivity index (χ1) is 12.5. The van der Waals surface area contributed by atoms with Gasteiger partial charge in [0.15, 0.2) is 5.69 Å². The number of halogens is 6. The molecule has 0 unspecified atom stereocenters. The molecule has 0 fully saturated rings. The molecule has 2 heterocycles. The molecule has 0 saturated heterocycles. The summed E-state index contributed by atoms with van der Waals surface area (Å²) >= 11 is 0. The average molecular weight is 392 g/mol. The Morgan fingerprint density at radius 1 is 1.11 bits per heavy atom. The zero-order valence-corrected chi connectivity index (χ0v) is 13.4. The number of carbonyl (C=O) groups is 1. The molecule has 0 bridgehead atoms. The van der Waals surface area contributed by atoms with Gasteiger partial charge >= 0.3 is 18.4 Å². The van der Waals surface area contributed by atoms with Crippen molar-refractivity contribution < 1.29 is 31.1 Å². The van der Waals surface area contributed by atoms with Gasteiger partial charge in [0.05, 0.1) is 29.2 Å². The molecule has 1 aromatic heterocycles. The Morgan fingerprint density at radius 3 is 2.37 bits per heavy atom. The third kappa shape index (κ3) is 3.71. The molecule has 0 saturated carbocycles. The van der Waals surface area contributed by atoms with Crippen molar-refractivity contribution in [1.82, 2.24) is 25.7 Å². The second-order valence-electron chi connectivity index (χ2n) is 5.55. The van der Waals surface area contributed by atoms with E-state index in [1.807, 2.05) is 0 Å². The van der Waals surface area contributed by atoms with Gasteiger partial charge in [0, 0.05) is 5.56 Å². The fourth-order valence-corrected chi connectivity index (χ4v) is 2.43. The summed E-state index contributed by atoms with van der Waals surface area (Å²) in [6.07, 6.45) is -9.40. The Bertz CT molecular complexity index is 916. The molecule has 1 atom stereocenters. The molecule has 0 aliphatic carbocycles. The second-order valence-corrected chi connectivity index (χ2v) is 5.55. The van der Waals surface area contributed by atoms with Crippen molar-refractivity contribution in [3.05, 3.63) is 41.2 Å². The van der Waals surface area contributed by atoms with E-state index in [0.29, 0.717) is 12.3 Å². The molecular weight excluding hydrogens is 382 g/mol. The lowest BCUT2D eigenvalue weighted by Crippen LogP contribution is -2.48. The van der Waals surface area contributed by atoms with E-state index in [2.05, 4.69) is 26.0 Å². The maximum atomic E-state index is 13.5. The first-order valence-corrected chi connectivity index (χ1v) is 7.32. The van der Waals surface area contributed by atoms with Crippen LogP contribution in [-0.4, -0.2) is 32.8 Å². The highest BCUT2D eigenvalue weighted by atomic mass is 19.4. The SMILES string of the molecule is C[C@@H]1NC(=O)NN=C1c1ccc(-n2ncc(C(F)(F)F)n2)c(C(F)(F)F)c1. The number of hydrogen-bond acceptors (Lipinski definition) is 4. The third-order valence-electron chi connectivity index (χ3n) is 3.63. The van der Waals surface area contributed by atoms with E-state index in [1.165, 1.54) is 13.0 Å². The smallest absolute Gasteiger partial charge is 0.328 e. The van der Waals surface area contributed by atoms with Gasteiger partial charge in [-0.15, -0.1) is 5.10 Å². The van der Waals surface area contributed by atoms with Gasteiger partial charge in [0.2, 0.25) is 0 Å². The van der Waals surface area contributed by atoms with Crippen LogP contribution in [0.25, 0.3) is 5.69 Å². The fraction of sp³-hybridized carbons (Fsp3) is 0.286. The molecular formula is C14H10F6N6O. The number of carbonyl (C=O) groups excluding carboxylic acids is 1. The molecule has 13 heteroatoms. The summed E-state index contributed by atoms with van der Waals surface area (Å²) in [5.74, 6) is 0. The number of hydrazone groups is 1. The number of amides is 2. The molecule has 144 valence electrons. The second kappa shape index (κ2) is 6.25. The number of hydrogen-bond donors (Lipinski definition) is 2. The van der Waals surface area contributed by atoms with Crippen LogP contribution in [0.3, 0.4) is 0 Å². The minimum atomic E-state index is -4.90. The van der Waals surface area contributed by atoms with E-state index in [4.69, 9.17) is 0 Å². The van der Waals surface area contributed by atoms with Crippen LogP contribution in [0.15, 0.2) is 29.5 Å². The molecule has 2 N–H and O–H groups in total. The highest BCUT2D eigenvalue weighted by Gasteiger charge is 2.38. The van der Waals surface area contributed by atoms with Crippen molar-refractivity contribution in [3.8, 4) is 5.69 Å². The van der Waals surface area contributed by atoms with Gasteiger partial charge in [-0.25, -0.2) is 10.2 Å². The van der Waals surface area contributed by atoms with Gasteiger partial charge in [-0.1, -0.05) is 6.07 Å². The average Bonchev–Trinajstić information content (AvgIpc) is 3.03. The Hall–Kier alpha value is -3.12. The van der Waals surface area contributed by atoms with Crippen molar-refractivity contribution in [1.29, 1.82) is 0 Å². The Kier molecular flexibility index (Phi) is 4.32. The Balaban J connectivity index is 2.09. The lowest BCUT2D eigenvalue weighted by molar-refractivity contribution is -0.141. The summed E-state index contributed by atoms with van der Waals surface area (Å²) in [4.78, 5) is 11.4. The fourth-order valence-electron chi connectivity index (χ4n) is 2.43. The molecule has 27 heavy (non-hydrogen) atoms. The first-order valence-electron chi connectivity index (χ1n) is 7.32. The van der Waals surface area contributed by atoms with Crippen LogP contribution < -0.4 is 10.7 Å². The monoisotopic (exact) mass is 392 g/mol. The summed E-state index contributed by atoms with van der Waals surface area (Å²) in [7, 11) is 0. The molecule has 1 aliphatic heterocycles. The molecule has 0 spiro atoms. The van der Waals surface area contributed by atoms with E-state index in [9.17, 15) is 31.1 Å². The molecule has 7 nitrogen and oxygen atoms in total. The van der Waals surface area contributed by atoms with Crippen LogP contribution in [0.1, 0.15) is 23.7 Å². The van der Waals surface area contributed by atoms with E-state index >= 15 is 0 Å². The van der Waals surface area contributed by atoms with Crippen LogP contribution in [0.4, 0.5) is 31.1 Å². The summed E-state index contributed by atoms with van der Waals surface area (Å²) in [6.45, 7) is 1.52. The minimum absolute atomic E-state index is 0.0225. The van der Waals surface area contributed by atoms with E-state index in [1.54, 1.807) is 0 Å². The zero-order chi connectivity index (χ0) is 20.0. The van der Waals surface area contributed by atoms with Crippen LogP contribution in [0.2, 0.25) is 0 Å². The van der Waals surface area contributed by atoms with Gasteiger partial charge < -0.3 is 5.32 Å². The van der Waals surface area contributed by atoms with E-state index < -0.39 is 41.4 Å². The topological polar surface area (TPSA) is 84.2 Å². The summed E-state index contributed by atoms with van der Waals surface area (Å²) < 4.78 is 78.3. The van der Waals surface area contributed by atoms with Crippen molar-refractivity contribution >= 4 is 11.7 Å². The summed E-state index contributed by atoms with van der Waals surface area (Å²) in [6, 6.07) is 1.57. The van der Waals surface area contributed by atoms with Gasteiger partial charge in [-0.05, 0) is 19.1 Å². The van der Waals surface area contributed by atoms with Crippen LogP contribution in [0.5, 0.6) is 0 Å². The third-order valence-corrected chi connectivity index (χ3v) is 3.63. The number of rotatable bonds is 2. The predicted octanol–water partition coefficient (Wildman–Crippen LogP) is 2.71. The van der Waals surface area contributed by atoms with E-state index in [0.717, 1.165) is 6.07 Å². The van der Waals surface area contributed by atoms with E-state index in [-0.39, 0.29) is 16.1 Å². The van der Waals surface area contributed by atoms with Crippen molar-refractivity contribution in [2.24, 2.45) is 5.10 Å². The van der Waals surface area contributed by atoms with Crippen molar-refractivity contribution in [2.75, 3.05) is 0 Å². The van der Waals surface area contributed by atoms with Crippen LogP contribution in [-0.2, 0) is 12.4 Å².